The van der Waals surface area contributed by atoms with E-state index < -0.39 is 13.0 Å². The van der Waals surface area contributed by atoms with Crippen LogP contribution in [0.5, 0.6) is 0 Å². The van der Waals surface area contributed by atoms with Crippen molar-refractivity contribution in [1.82, 2.24) is 10.3 Å². The molecule has 0 amide bonds. The fraction of sp³-hybridized carbons (Fsp3) is 0.615. The molecule has 6 heteroatoms. The number of nitrogens with zero attached hydrogens (tertiary/aromatic N) is 2. The molecule has 2 N–H and O–H groups in total. The summed E-state index contributed by atoms with van der Waals surface area (Å²) in [4.78, 5) is 5.59. The smallest absolute Gasteiger partial charge is 0.255 e. The topological polar surface area (TPSA) is 48.4 Å². The highest BCUT2D eigenvalue weighted by Gasteiger charge is 2.16. The second-order valence-corrected chi connectivity index (χ2v) is 4.58. The van der Waals surface area contributed by atoms with E-state index in [1.54, 1.807) is 12.3 Å². The minimum atomic E-state index is -2.46. The van der Waals surface area contributed by atoms with E-state index in [2.05, 4.69) is 10.3 Å². The molecule has 0 saturated carbocycles. The third kappa shape index (κ3) is 5.48. The summed E-state index contributed by atoms with van der Waals surface area (Å²) in [5.41, 5.74) is 0.852. The Bertz CT molecular complexity index is 375. The standard InChI is InChI=1S/C13H21F2N3O/c1-10(2)17-8-11-4-3-5-16-13(11)18(6-7-19)9-12(14)15/h3-5,10,12,17,19H,6-9H2,1-2H3. The molecule has 1 heterocycles. The lowest BCUT2D eigenvalue weighted by molar-refractivity contribution is 0.152. The number of hydrogen-bond acceptors (Lipinski definition) is 4. The lowest BCUT2D eigenvalue weighted by Crippen LogP contribution is -2.34. The molecule has 108 valence electrons. The zero-order valence-electron chi connectivity index (χ0n) is 11.3. The Hall–Kier alpha value is -1.27. The lowest BCUT2D eigenvalue weighted by Gasteiger charge is -2.25. The van der Waals surface area contributed by atoms with Crippen LogP contribution in [0.2, 0.25) is 0 Å². The first-order valence-electron chi connectivity index (χ1n) is 6.35. The van der Waals surface area contributed by atoms with Gasteiger partial charge in [-0.2, -0.15) is 0 Å². The van der Waals surface area contributed by atoms with E-state index >= 15 is 0 Å². The largest absolute Gasteiger partial charge is 0.395 e. The number of aromatic nitrogens is 1. The molecule has 0 atom stereocenters. The quantitative estimate of drug-likeness (QED) is 0.756. The van der Waals surface area contributed by atoms with Crippen molar-refractivity contribution in [1.29, 1.82) is 0 Å². The summed E-state index contributed by atoms with van der Waals surface area (Å²) in [5, 5.41) is 12.2. The van der Waals surface area contributed by atoms with E-state index in [0.29, 0.717) is 18.4 Å². The Morgan fingerprint density at radius 2 is 2.16 bits per heavy atom. The normalized spacial score (nSPS) is 11.3. The molecule has 0 aliphatic carbocycles. The summed E-state index contributed by atoms with van der Waals surface area (Å²) in [7, 11) is 0. The third-order valence-corrected chi connectivity index (χ3v) is 2.60. The van der Waals surface area contributed by atoms with Crippen molar-refractivity contribution in [2.24, 2.45) is 0 Å². The molecule has 0 bridgehead atoms. The van der Waals surface area contributed by atoms with Crippen LogP contribution in [-0.4, -0.2) is 42.3 Å². The highest BCUT2D eigenvalue weighted by atomic mass is 19.3. The van der Waals surface area contributed by atoms with Gasteiger partial charge in [0.15, 0.2) is 0 Å². The van der Waals surface area contributed by atoms with E-state index in [0.717, 1.165) is 5.56 Å². The van der Waals surface area contributed by atoms with Crippen molar-refractivity contribution < 1.29 is 13.9 Å². The Morgan fingerprint density at radius 1 is 1.42 bits per heavy atom. The zero-order valence-corrected chi connectivity index (χ0v) is 11.3. The Morgan fingerprint density at radius 3 is 2.74 bits per heavy atom. The van der Waals surface area contributed by atoms with Crippen LogP contribution < -0.4 is 10.2 Å². The van der Waals surface area contributed by atoms with Crippen molar-refractivity contribution in [3.8, 4) is 0 Å². The van der Waals surface area contributed by atoms with Crippen LogP contribution in [0.1, 0.15) is 19.4 Å². The highest BCUT2D eigenvalue weighted by Crippen LogP contribution is 2.18. The molecule has 1 aromatic rings. The average Bonchev–Trinajstić information content (AvgIpc) is 2.35. The van der Waals surface area contributed by atoms with Crippen LogP contribution in [0, 0.1) is 0 Å². The van der Waals surface area contributed by atoms with Gasteiger partial charge >= 0.3 is 0 Å². The van der Waals surface area contributed by atoms with Gasteiger partial charge in [-0.15, -0.1) is 0 Å². The summed E-state index contributed by atoms with van der Waals surface area (Å²) in [5.74, 6) is 0.505. The average molecular weight is 273 g/mol. The number of hydrogen-bond donors (Lipinski definition) is 2. The minimum absolute atomic E-state index is 0.149. The van der Waals surface area contributed by atoms with E-state index in [1.165, 1.54) is 4.90 Å². The van der Waals surface area contributed by atoms with Crippen molar-refractivity contribution in [2.75, 3.05) is 24.6 Å². The van der Waals surface area contributed by atoms with E-state index in [9.17, 15) is 8.78 Å². The van der Waals surface area contributed by atoms with Crippen molar-refractivity contribution >= 4 is 5.82 Å². The first kappa shape index (κ1) is 15.8. The minimum Gasteiger partial charge on any atom is -0.395 e. The molecule has 0 aromatic carbocycles. The molecule has 1 rings (SSSR count). The third-order valence-electron chi connectivity index (χ3n) is 2.60. The summed E-state index contributed by atoms with van der Waals surface area (Å²) < 4.78 is 25.1. The Labute approximate surface area is 112 Å². The van der Waals surface area contributed by atoms with Crippen molar-refractivity contribution in [3.63, 3.8) is 0 Å². The number of halogens is 2. The summed E-state index contributed by atoms with van der Waals surface area (Å²) in [6.45, 7) is 4.13. The summed E-state index contributed by atoms with van der Waals surface area (Å²) in [6.07, 6.45) is -0.885. The molecule has 19 heavy (non-hydrogen) atoms. The molecule has 1 aromatic heterocycles. The van der Waals surface area contributed by atoms with Crippen molar-refractivity contribution in [2.45, 2.75) is 32.9 Å². The van der Waals surface area contributed by atoms with Gasteiger partial charge in [0, 0.05) is 30.9 Å². The second kappa shape index (κ2) is 8.01. The molecule has 0 aliphatic rings. The summed E-state index contributed by atoms with van der Waals surface area (Å²) >= 11 is 0. The fourth-order valence-corrected chi connectivity index (χ4v) is 1.74. The van der Waals surface area contributed by atoms with Crippen LogP contribution in [0.25, 0.3) is 0 Å². The van der Waals surface area contributed by atoms with E-state index in [1.807, 2.05) is 19.9 Å². The molecule has 0 unspecified atom stereocenters. The maximum atomic E-state index is 12.6. The number of pyridine rings is 1. The first-order valence-corrected chi connectivity index (χ1v) is 6.35. The molecule has 0 fully saturated rings. The van der Waals surface area contributed by atoms with E-state index in [-0.39, 0.29) is 13.2 Å². The van der Waals surface area contributed by atoms with Gasteiger partial charge in [0.25, 0.3) is 6.43 Å². The maximum absolute atomic E-state index is 12.6. The Balaban J connectivity index is 2.87. The van der Waals surface area contributed by atoms with Crippen LogP contribution in [0.15, 0.2) is 18.3 Å². The number of aliphatic hydroxyl groups is 1. The first-order chi connectivity index (χ1) is 9.04. The predicted molar refractivity (Wildman–Crippen MR) is 71.5 cm³/mol. The van der Waals surface area contributed by atoms with Gasteiger partial charge < -0.3 is 15.3 Å². The fourth-order valence-electron chi connectivity index (χ4n) is 1.74. The van der Waals surface area contributed by atoms with Gasteiger partial charge in [-0.05, 0) is 6.07 Å². The zero-order chi connectivity index (χ0) is 14.3. The highest BCUT2D eigenvalue weighted by molar-refractivity contribution is 5.46. The molecule has 0 spiro atoms. The van der Waals surface area contributed by atoms with Gasteiger partial charge in [-0.3, -0.25) is 0 Å². The van der Waals surface area contributed by atoms with Gasteiger partial charge in [-0.25, -0.2) is 13.8 Å². The predicted octanol–water partition coefficient (Wildman–Crippen LogP) is 1.64. The molecular weight excluding hydrogens is 252 g/mol. The van der Waals surface area contributed by atoms with Crippen LogP contribution >= 0.6 is 0 Å². The molecule has 0 saturated heterocycles. The van der Waals surface area contributed by atoms with Gasteiger partial charge in [-0.1, -0.05) is 19.9 Å². The number of alkyl halides is 2. The molecule has 4 nitrogen and oxygen atoms in total. The summed E-state index contributed by atoms with van der Waals surface area (Å²) in [6, 6.07) is 3.93. The van der Waals surface area contributed by atoms with Crippen LogP contribution in [0.4, 0.5) is 14.6 Å². The number of aliphatic hydroxyl groups excluding tert-OH is 1. The molecular formula is C13H21F2N3O. The number of anilines is 1. The van der Waals surface area contributed by atoms with Crippen molar-refractivity contribution in [3.05, 3.63) is 23.9 Å². The van der Waals surface area contributed by atoms with Crippen LogP contribution in [-0.2, 0) is 6.54 Å². The van der Waals surface area contributed by atoms with Gasteiger partial charge in [0.1, 0.15) is 5.82 Å². The number of nitrogens with one attached hydrogen (secondary N) is 1. The number of rotatable bonds is 8. The SMILES string of the molecule is CC(C)NCc1cccnc1N(CCO)CC(F)F. The maximum Gasteiger partial charge on any atom is 0.255 e. The molecule has 0 aliphatic heterocycles. The van der Waals surface area contributed by atoms with Gasteiger partial charge in [0.05, 0.1) is 13.2 Å². The van der Waals surface area contributed by atoms with Crippen LogP contribution in [0.3, 0.4) is 0 Å². The molecule has 0 radical (unpaired) electrons. The lowest BCUT2D eigenvalue weighted by atomic mass is 10.2. The monoisotopic (exact) mass is 273 g/mol. The van der Waals surface area contributed by atoms with E-state index in [4.69, 9.17) is 5.11 Å². The van der Waals surface area contributed by atoms with Gasteiger partial charge in [0.2, 0.25) is 0 Å². The Kier molecular flexibility index (Phi) is 6.66. The second-order valence-electron chi connectivity index (χ2n) is 4.58.